The van der Waals surface area contributed by atoms with Crippen LogP contribution in [0.2, 0.25) is 0 Å². The second-order valence-electron chi connectivity index (χ2n) is 5.81. The lowest BCUT2D eigenvalue weighted by molar-refractivity contribution is 0.0586. The molecule has 4 heteroatoms. The molecule has 1 aromatic heterocycles. The van der Waals surface area contributed by atoms with Gasteiger partial charge in [-0.1, -0.05) is 20.8 Å². The van der Waals surface area contributed by atoms with Gasteiger partial charge in [0.15, 0.2) is 0 Å². The molecule has 2 N–H and O–H groups in total. The maximum absolute atomic E-state index is 12.0. The molecular weight excluding hydrogens is 230 g/mol. The fourth-order valence-corrected chi connectivity index (χ4v) is 1.71. The zero-order valence-electron chi connectivity index (χ0n) is 12.0. The topological polar surface area (TPSA) is 62.5 Å². The van der Waals surface area contributed by atoms with Gasteiger partial charge in [0, 0.05) is 12.1 Å². The first kappa shape index (κ1) is 14.8. The van der Waals surface area contributed by atoms with Gasteiger partial charge in [0.25, 0.3) is 5.91 Å². The minimum absolute atomic E-state index is 0.190. The van der Waals surface area contributed by atoms with Crippen molar-refractivity contribution in [3.8, 4) is 0 Å². The third kappa shape index (κ3) is 3.13. The van der Waals surface area contributed by atoms with E-state index < -0.39 is 6.10 Å². The third-order valence-corrected chi connectivity index (χ3v) is 3.24. The average Bonchev–Trinajstić information content (AvgIpc) is 2.48. The number of carbonyl (C=O) groups excluding carboxylic acids is 1. The first-order valence-corrected chi connectivity index (χ1v) is 6.17. The fourth-order valence-electron chi connectivity index (χ4n) is 1.71. The van der Waals surface area contributed by atoms with Crippen LogP contribution in [0.1, 0.15) is 48.2 Å². The summed E-state index contributed by atoms with van der Waals surface area (Å²) in [5.41, 5.74) is 1.19. The molecule has 0 fully saturated rings. The molecule has 4 nitrogen and oxygen atoms in total. The number of hydrogen-bond donors (Lipinski definition) is 2. The van der Waals surface area contributed by atoms with Crippen molar-refractivity contribution >= 4 is 5.91 Å². The molecular formula is C14H23NO3. The summed E-state index contributed by atoms with van der Waals surface area (Å²) in [5.74, 6) is 1.19. The van der Waals surface area contributed by atoms with Gasteiger partial charge >= 0.3 is 0 Å². The molecule has 0 aliphatic carbocycles. The number of aryl methyl sites for hydroxylation is 2. The van der Waals surface area contributed by atoms with E-state index in [1.807, 2.05) is 34.6 Å². The molecule has 1 aromatic rings. The minimum Gasteiger partial charge on any atom is -0.466 e. The van der Waals surface area contributed by atoms with Crippen molar-refractivity contribution in [2.24, 2.45) is 5.41 Å². The summed E-state index contributed by atoms with van der Waals surface area (Å²) in [5, 5.41) is 12.6. The van der Waals surface area contributed by atoms with E-state index in [4.69, 9.17) is 4.42 Å². The van der Waals surface area contributed by atoms with E-state index >= 15 is 0 Å². The van der Waals surface area contributed by atoms with Crippen LogP contribution in [0.5, 0.6) is 0 Å². The van der Waals surface area contributed by atoms with Crippen LogP contribution in [-0.2, 0) is 0 Å². The molecule has 1 unspecified atom stereocenters. The summed E-state index contributed by atoms with van der Waals surface area (Å²) in [4.78, 5) is 12.0. The average molecular weight is 253 g/mol. The number of hydrogen-bond acceptors (Lipinski definition) is 3. The second kappa shape index (κ2) is 5.14. The van der Waals surface area contributed by atoms with E-state index in [-0.39, 0.29) is 17.9 Å². The Morgan fingerprint density at radius 3 is 2.22 bits per heavy atom. The van der Waals surface area contributed by atoms with Crippen molar-refractivity contribution in [1.82, 2.24) is 5.32 Å². The van der Waals surface area contributed by atoms with Crippen LogP contribution in [0, 0.1) is 26.2 Å². The Kier molecular flexibility index (Phi) is 4.22. The minimum atomic E-state index is -0.574. The van der Waals surface area contributed by atoms with Crippen LogP contribution < -0.4 is 5.32 Å². The Labute approximate surface area is 108 Å². The third-order valence-electron chi connectivity index (χ3n) is 3.24. The van der Waals surface area contributed by atoms with Crippen molar-refractivity contribution in [3.63, 3.8) is 0 Å². The maximum atomic E-state index is 12.0. The molecule has 18 heavy (non-hydrogen) atoms. The van der Waals surface area contributed by atoms with Gasteiger partial charge in [-0.05, 0) is 26.2 Å². The van der Waals surface area contributed by atoms with Crippen molar-refractivity contribution in [2.45, 2.75) is 47.6 Å². The van der Waals surface area contributed by atoms with E-state index in [0.29, 0.717) is 11.3 Å². The Balaban J connectivity index is 2.73. The van der Waals surface area contributed by atoms with E-state index in [2.05, 4.69) is 5.32 Å². The fraction of sp³-hybridized carbons (Fsp3) is 0.643. The highest BCUT2D eigenvalue weighted by atomic mass is 16.3. The molecule has 0 saturated heterocycles. The van der Waals surface area contributed by atoms with E-state index in [1.54, 1.807) is 6.92 Å². The lowest BCUT2D eigenvalue weighted by atomic mass is 9.89. The highest BCUT2D eigenvalue weighted by Crippen LogP contribution is 2.21. The molecule has 0 aromatic carbocycles. The Hall–Kier alpha value is -1.29. The molecule has 0 saturated carbocycles. The molecule has 1 rings (SSSR count). The van der Waals surface area contributed by atoms with E-state index in [9.17, 15) is 9.90 Å². The SMILES string of the molecule is Cc1oc(C)c(C(=O)NCC(O)C(C)(C)C)c1C. The summed E-state index contributed by atoms with van der Waals surface area (Å²) in [6.45, 7) is 11.5. The lowest BCUT2D eigenvalue weighted by Crippen LogP contribution is -2.39. The molecule has 0 aliphatic heterocycles. The summed E-state index contributed by atoms with van der Waals surface area (Å²) < 4.78 is 5.42. The number of amides is 1. The van der Waals surface area contributed by atoms with Gasteiger partial charge in [-0.15, -0.1) is 0 Å². The van der Waals surface area contributed by atoms with Gasteiger partial charge in [0.1, 0.15) is 11.5 Å². The van der Waals surface area contributed by atoms with Gasteiger partial charge in [-0.2, -0.15) is 0 Å². The summed E-state index contributed by atoms with van der Waals surface area (Å²) >= 11 is 0. The van der Waals surface area contributed by atoms with Crippen LogP contribution in [0.4, 0.5) is 0 Å². The smallest absolute Gasteiger partial charge is 0.255 e. The number of aliphatic hydroxyl groups is 1. The molecule has 0 spiro atoms. The van der Waals surface area contributed by atoms with Crippen LogP contribution in [0.3, 0.4) is 0 Å². The van der Waals surface area contributed by atoms with Gasteiger partial charge in [0.2, 0.25) is 0 Å². The largest absolute Gasteiger partial charge is 0.466 e. The molecule has 1 heterocycles. The van der Waals surface area contributed by atoms with Crippen molar-refractivity contribution in [2.75, 3.05) is 6.54 Å². The Morgan fingerprint density at radius 1 is 1.28 bits per heavy atom. The van der Waals surface area contributed by atoms with Crippen molar-refractivity contribution < 1.29 is 14.3 Å². The van der Waals surface area contributed by atoms with Gasteiger partial charge in [-0.3, -0.25) is 4.79 Å². The van der Waals surface area contributed by atoms with Gasteiger partial charge in [0.05, 0.1) is 11.7 Å². The monoisotopic (exact) mass is 253 g/mol. The van der Waals surface area contributed by atoms with Crippen LogP contribution in [0.15, 0.2) is 4.42 Å². The number of aliphatic hydroxyl groups excluding tert-OH is 1. The quantitative estimate of drug-likeness (QED) is 0.869. The maximum Gasteiger partial charge on any atom is 0.255 e. The van der Waals surface area contributed by atoms with Gasteiger partial charge < -0.3 is 14.8 Å². The molecule has 0 radical (unpaired) electrons. The standard InChI is InChI=1S/C14H23NO3/c1-8-9(2)18-10(3)12(8)13(17)15-7-11(16)14(4,5)6/h11,16H,7H2,1-6H3,(H,15,17). The molecule has 102 valence electrons. The van der Waals surface area contributed by atoms with E-state index in [0.717, 1.165) is 11.3 Å². The molecule has 1 amide bonds. The molecule has 0 aliphatic rings. The lowest BCUT2D eigenvalue weighted by Gasteiger charge is -2.25. The predicted octanol–water partition coefficient (Wildman–Crippen LogP) is 2.34. The molecule has 0 bridgehead atoms. The van der Waals surface area contributed by atoms with Crippen molar-refractivity contribution in [1.29, 1.82) is 0 Å². The zero-order chi connectivity index (χ0) is 14.1. The number of furan rings is 1. The normalized spacial score (nSPS) is 13.5. The highest BCUT2D eigenvalue weighted by Gasteiger charge is 2.24. The van der Waals surface area contributed by atoms with Crippen LogP contribution >= 0.6 is 0 Å². The van der Waals surface area contributed by atoms with Gasteiger partial charge in [-0.25, -0.2) is 0 Å². The summed E-state index contributed by atoms with van der Waals surface area (Å²) in [6.07, 6.45) is -0.574. The van der Waals surface area contributed by atoms with Crippen LogP contribution in [-0.4, -0.2) is 23.7 Å². The first-order valence-electron chi connectivity index (χ1n) is 6.17. The Morgan fingerprint density at radius 2 is 1.83 bits per heavy atom. The number of carbonyl (C=O) groups is 1. The Bertz CT molecular complexity index is 441. The van der Waals surface area contributed by atoms with E-state index in [1.165, 1.54) is 0 Å². The first-order chi connectivity index (χ1) is 8.14. The summed E-state index contributed by atoms with van der Waals surface area (Å²) in [7, 11) is 0. The number of rotatable bonds is 3. The second-order valence-corrected chi connectivity index (χ2v) is 5.81. The summed E-state index contributed by atoms with van der Waals surface area (Å²) in [6, 6.07) is 0. The van der Waals surface area contributed by atoms with Crippen LogP contribution in [0.25, 0.3) is 0 Å². The number of nitrogens with one attached hydrogen (secondary N) is 1. The highest BCUT2D eigenvalue weighted by molar-refractivity contribution is 5.96. The van der Waals surface area contributed by atoms with Crippen molar-refractivity contribution in [3.05, 3.63) is 22.6 Å². The predicted molar refractivity (Wildman–Crippen MR) is 70.7 cm³/mol. The molecule has 1 atom stereocenters. The zero-order valence-corrected chi connectivity index (χ0v) is 12.0.